The molecular formula is C13H13NO2S. The second kappa shape index (κ2) is 5.50. The van der Waals surface area contributed by atoms with Crippen molar-refractivity contribution in [1.29, 1.82) is 0 Å². The normalized spacial score (nSPS) is 12.0. The van der Waals surface area contributed by atoms with Crippen molar-refractivity contribution in [3.8, 4) is 0 Å². The maximum absolute atomic E-state index is 11.2. The van der Waals surface area contributed by atoms with Gasteiger partial charge in [0.15, 0.2) is 0 Å². The van der Waals surface area contributed by atoms with Crippen molar-refractivity contribution in [2.24, 2.45) is 0 Å². The number of carboxylic acid groups (broad SMARTS) is 1. The minimum absolute atomic E-state index is 0.480. The fraction of sp³-hybridized carbons (Fsp3) is 0.154. The van der Waals surface area contributed by atoms with Crippen LogP contribution >= 0.6 is 11.3 Å². The molecule has 1 heterocycles. The molecule has 0 radical (unpaired) electrons. The third-order valence-corrected chi connectivity index (χ3v) is 3.22. The van der Waals surface area contributed by atoms with Gasteiger partial charge in [0.25, 0.3) is 0 Å². The Morgan fingerprint density at radius 1 is 1.24 bits per heavy atom. The highest BCUT2D eigenvalue weighted by Gasteiger charge is 2.17. The molecule has 1 aromatic carbocycles. The summed E-state index contributed by atoms with van der Waals surface area (Å²) in [6.07, 6.45) is 0.480. The molecule has 2 rings (SSSR count). The first kappa shape index (κ1) is 11.7. The van der Waals surface area contributed by atoms with Gasteiger partial charge >= 0.3 is 5.97 Å². The molecule has 0 aliphatic heterocycles. The molecular weight excluding hydrogens is 234 g/mol. The first-order valence-electron chi connectivity index (χ1n) is 5.32. The van der Waals surface area contributed by atoms with Crippen LogP contribution in [0.1, 0.15) is 5.56 Å². The lowest BCUT2D eigenvalue weighted by Gasteiger charge is -2.14. The molecule has 2 N–H and O–H groups in total. The van der Waals surface area contributed by atoms with E-state index < -0.39 is 12.0 Å². The first-order valence-corrected chi connectivity index (χ1v) is 6.20. The Balaban J connectivity index is 2.06. The Morgan fingerprint density at radius 3 is 2.59 bits per heavy atom. The number of aliphatic carboxylic acids is 1. The van der Waals surface area contributed by atoms with Crippen LogP contribution in [0.2, 0.25) is 0 Å². The molecule has 0 amide bonds. The van der Waals surface area contributed by atoms with Gasteiger partial charge in [-0.05, 0) is 23.1 Å². The van der Waals surface area contributed by atoms with Crippen molar-refractivity contribution in [3.05, 3.63) is 53.4 Å². The molecule has 0 saturated heterocycles. The highest BCUT2D eigenvalue weighted by molar-refractivity contribution is 7.14. The van der Waals surface area contributed by atoms with E-state index in [0.717, 1.165) is 10.6 Å². The number of benzene rings is 1. The van der Waals surface area contributed by atoms with E-state index in [1.54, 1.807) is 0 Å². The van der Waals surface area contributed by atoms with E-state index >= 15 is 0 Å². The summed E-state index contributed by atoms with van der Waals surface area (Å²) in [6.45, 7) is 0. The van der Waals surface area contributed by atoms with Crippen LogP contribution < -0.4 is 5.32 Å². The molecule has 2 aromatic rings. The number of rotatable bonds is 5. The van der Waals surface area contributed by atoms with Crippen molar-refractivity contribution in [3.63, 3.8) is 0 Å². The summed E-state index contributed by atoms with van der Waals surface area (Å²) >= 11 is 1.50. The van der Waals surface area contributed by atoms with Gasteiger partial charge in [-0.25, -0.2) is 4.79 Å². The summed E-state index contributed by atoms with van der Waals surface area (Å²) in [5.74, 6) is -0.831. The van der Waals surface area contributed by atoms with Crippen molar-refractivity contribution in [2.75, 3.05) is 5.32 Å². The summed E-state index contributed by atoms with van der Waals surface area (Å²) in [5, 5.41) is 15.0. The van der Waals surface area contributed by atoms with E-state index in [9.17, 15) is 9.90 Å². The molecule has 88 valence electrons. The molecule has 1 aromatic heterocycles. The second-order valence-corrected chi connectivity index (χ2v) is 4.65. The molecule has 17 heavy (non-hydrogen) atoms. The Bertz CT molecular complexity index is 467. The molecule has 0 spiro atoms. The van der Waals surface area contributed by atoms with Crippen molar-refractivity contribution in [2.45, 2.75) is 12.5 Å². The van der Waals surface area contributed by atoms with Gasteiger partial charge in [-0.15, -0.1) is 11.3 Å². The minimum atomic E-state index is -0.831. The molecule has 0 unspecified atom stereocenters. The summed E-state index contributed by atoms with van der Waals surface area (Å²) < 4.78 is 0. The van der Waals surface area contributed by atoms with E-state index in [2.05, 4.69) is 5.32 Å². The zero-order valence-corrected chi connectivity index (χ0v) is 9.98. The number of hydrogen-bond acceptors (Lipinski definition) is 3. The van der Waals surface area contributed by atoms with Crippen LogP contribution in [0.15, 0.2) is 47.8 Å². The van der Waals surface area contributed by atoms with Gasteiger partial charge in [-0.2, -0.15) is 0 Å². The predicted molar refractivity (Wildman–Crippen MR) is 69.5 cm³/mol. The van der Waals surface area contributed by atoms with Gasteiger partial charge in [0.05, 0.1) is 5.00 Å². The van der Waals surface area contributed by atoms with Crippen LogP contribution in [0.25, 0.3) is 0 Å². The Kier molecular flexibility index (Phi) is 3.77. The zero-order valence-electron chi connectivity index (χ0n) is 9.17. The van der Waals surface area contributed by atoms with E-state index in [4.69, 9.17) is 0 Å². The summed E-state index contributed by atoms with van der Waals surface area (Å²) in [6, 6.07) is 12.8. The molecule has 4 heteroatoms. The van der Waals surface area contributed by atoms with E-state index in [0.29, 0.717) is 6.42 Å². The molecule has 1 atom stereocenters. The van der Waals surface area contributed by atoms with Crippen LogP contribution in [0, 0.1) is 0 Å². The number of anilines is 1. The third kappa shape index (κ3) is 3.32. The third-order valence-electron chi connectivity index (χ3n) is 2.42. The van der Waals surface area contributed by atoms with Crippen LogP contribution in [0.3, 0.4) is 0 Å². The van der Waals surface area contributed by atoms with Gasteiger partial charge < -0.3 is 10.4 Å². The van der Waals surface area contributed by atoms with Gasteiger partial charge in [0.1, 0.15) is 6.04 Å². The summed E-state index contributed by atoms with van der Waals surface area (Å²) in [4.78, 5) is 11.2. The lowest BCUT2D eigenvalue weighted by molar-refractivity contribution is -0.137. The highest BCUT2D eigenvalue weighted by Crippen LogP contribution is 2.17. The second-order valence-electron chi connectivity index (χ2n) is 3.70. The predicted octanol–water partition coefficient (Wildman–Crippen LogP) is 2.86. The molecule has 0 aliphatic rings. The summed E-state index contributed by atoms with van der Waals surface area (Å²) in [7, 11) is 0. The maximum Gasteiger partial charge on any atom is 0.326 e. The Morgan fingerprint density at radius 2 is 2.00 bits per heavy atom. The SMILES string of the molecule is O=C(O)[C@H](Cc1ccccc1)Nc1cccs1. The van der Waals surface area contributed by atoms with Crippen molar-refractivity contribution in [1.82, 2.24) is 0 Å². The van der Waals surface area contributed by atoms with Crippen molar-refractivity contribution < 1.29 is 9.90 Å². The molecule has 0 saturated carbocycles. The quantitative estimate of drug-likeness (QED) is 0.854. The molecule has 3 nitrogen and oxygen atoms in total. The maximum atomic E-state index is 11.2. The topological polar surface area (TPSA) is 49.3 Å². The largest absolute Gasteiger partial charge is 0.480 e. The van der Waals surface area contributed by atoms with Crippen LogP contribution in [0.5, 0.6) is 0 Å². The fourth-order valence-electron chi connectivity index (χ4n) is 1.58. The first-order chi connectivity index (χ1) is 8.25. The Hall–Kier alpha value is -1.81. The van der Waals surface area contributed by atoms with E-state index in [1.807, 2.05) is 47.8 Å². The minimum Gasteiger partial charge on any atom is -0.480 e. The van der Waals surface area contributed by atoms with E-state index in [1.165, 1.54) is 11.3 Å². The van der Waals surface area contributed by atoms with Gasteiger partial charge in [-0.3, -0.25) is 0 Å². The number of thiophene rings is 1. The Labute approximate surface area is 104 Å². The van der Waals surface area contributed by atoms with Crippen LogP contribution in [0.4, 0.5) is 5.00 Å². The lowest BCUT2D eigenvalue weighted by atomic mass is 10.1. The smallest absolute Gasteiger partial charge is 0.326 e. The van der Waals surface area contributed by atoms with Gasteiger partial charge in [-0.1, -0.05) is 30.3 Å². The molecule has 0 fully saturated rings. The molecule has 0 aliphatic carbocycles. The summed E-state index contributed by atoms with van der Waals surface area (Å²) in [5.41, 5.74) is 1.02. The number of carboxylic acids is 1. The average Bonchev–Trinajstić information content (AvgIpc) is 2.82. The van der Waals surface area contributed by atoms with Crippen molar-refractivity contribution >= 4 is 22.3 Å². The average molecular weight is 247 g/mol. The number of hydrogen-bond donors (Lipinski definition) is 2. The fourth-order valence-corrected chi connectivity index (χ4v) is 2.25. The molecule has 0 bridgehead atoms. The zero-order chi connectivity index (χ0) is 12.1. The monoisotopic (exact) mass is 247 g/mol. The number of carbonyl (C=O) groups is 1. The van der Waals surface area contributed by atoms with Crippen LogP contribution in [-0.2, 0) is 11.2 Å². The van der Waals surface area contributed by atoms with Crippen LogP contribution in [-0.4, -0.2) is 17.1 Å². The number of nitrogens with one attached hydrogen (secondary N) is 1. The van der Waals surface area contributed by atoms with Gasteiger partial charge in [0.2, 0.25) is 0 Å². The highest BCUT2D eigenvalue weighted by atomic mass is 32.1. The van der Waals surface area contributed by atoms with Gasteiger partial charge in [0, 0.05) is 6.42 Å². The lowest BCUT2D eigenvalue weighted by Crippen LogP contribution is -2.31. The van der Waals surface area contributed by atoms with E-state index in [-0.39, 0.29) is 0 Å². The standard InChI is InChI=1S/C13H13NO2S/c15-13(16)11(14-12-7-4-8-17-12)9-10-5-2-1-3-6-10/h1-8,11,14H,9H2,(H,15,16)/t11-/m0/s1.